The zero-order valence-corrected chi connectivity index (χ0v) is 35.2. The summed E-state index contributed by atoms with van der Waals surface area (Å²) >= 11 is 0. The number of hydrogen-bond donors (Lipinski definition) is 2. The maximum atomic E-state index is 12.4. The van der Waals surface area contributed by atoms with Crippen molar-refractivity contribution in [2.24, 2.45) is 0 Å². The molecule has 312 valence electrons. The zero-order valence-electron chi connectivity index (χ0n) is 34.4. The monoisotopic (exact) mass is 779 g/mol. The van der Waals surface area contributed by atoms with Gasteiger partial charge < -0.3 is 19.3 Å². The second-order valence-electron chi connectivity index (χ2n) is 14.3. The Balaban J connectivity index is 3.99. The van der Waals surface area contributed by atoms with E-state index in [1.54, 1.807) is 0 Å². The van der Waals surface area contributed by atoms with E-state index in [-0.39, 0.29) is 19.4 Å². The molecule has 0 radical (unpaired) electrons. The quantitative estimate of drug-likeness (QED) is 0.0274. The van der Waals surface area contributed by atoms with Crippen molar-refractivity contribution in [3.05, 3.63) is 60.8 Å². The van der Waals surface area contributed by atoms with Gasteiger partial charge in [0.15, 0.2) is 6.10 Å². The zero-order chi connectivity index (χ0) is 39.6. The van der Waals surface area contributed by atoms with Gasteiger partial charge in [0.1, 0.15) is 6.61 Å². The highest BCUT2D eigenvalue weighted by Gasteiger charge is 2.22. The van der Waals surface area contributed by atoms with Crippen molar-refractivity contribution >= 4 is 19.8 Å². The summed E-state index contributed by atoms with van der Waals surface area (Å²) in [4.78, 5) is 42.9. The van der Waals surface area contributed by atoms with Crippen LogP contribution >= 0.6 is 7.82 Å². The number of rotatable bonds is 39. The van der Waals surface area contributed by atoms with Gasteiger partial charge in [-0.05, 0) is 77.0 Å². The van der Waals surface area contributed by atoms with E-state index < -0.39 is 32.5 Å². The van der Waals surface area contributed by atoms with Gasteiger partial charge in [-0.2, -0.15) is 0 Å². The number of hydrogen-bond acceptors (Lipinski definition) is 6. The highest BCUT2D eigenvalue weighted by Crippen LogP contribution is 2.36. The summed E-state index contributed by atoms with van der Waals surface area (Å²) in [6.45, 7) is 3.61. The molecule has 0 saturated carbocycles. The number of unbranched alkanes of at least 4 members (excludes halogenated alkanes) is 19. The van der Waals surface area contributed by atoms with E-state index in [1.807, 2.05) is 6.08 Å². The lowest BCUT2D eigenvalue weighted by atomic mass is 10.1. The van der Waals surface area contributed by atoms with Crippen molar-refractivity contribution in [1.82, 2.24) is 0 Å². The van der Waals surface area contributed by atoms with E-state index in [1.165, 1.54) is 96.3 Å². The molecular weight excluding hydrogens is 699 g/mol. The molecule has 0 amide bonds. The van der Waals surface area contributed by atoms with Crippen LogP contribution in [-0.4, -0.2) is 41.0 Å². The molecule has 0 fully saturated rings. The predicted molar refractivity (Wildman–Crippen MR) is 225 cm³/mol. The molecule has 0 saturated heterocycles. The van der Waals surface area contributed by atoms with Gasteiger partial charge in [0.25, 0.3) is 0 Å². The van der Waals surface area contributed by atoms with Gasteiger partial charge >= 0.3 is 19.8 Å². The maximum Gasteiger partial charge on any atom is 0.469 e. The van der Waals surface area contributed by atoms with Crippen LogP contribution in [0.15, 0.2) is 60.8 Å². The van der Waals surface area contributed by atoms with Crippen LogP contribution < -0.4 is 0 Å². The minimum atomic E-state index is -4.77. The third-order valence-electron chi connectivity index (χ3n) is 9.01. The fraction of sp³-hybridized carbons (Fsp3) is 0.733. The SMILES string of the molecule is CCCCC/C=C/C/C=C/CCCCCCCCCCCC(=O)O[C@H](COC(=O)CCC/C=C/C/C=C/C/C=C/CCCCCCCC)COP(=O)(O)O. The van der Waals surface area contributed by atoms with Crippen LogP contribution in [0.4, 0.5) is 0 Å². The van der Waals surface area contributed by atoms with Crippen LogP contribution in [0.3, 0.4) is 0 Å². The van der Waals surface area contributed by atoms with Crippen molar-refractivity contribution < 1.29 is 37.9 Å². The molecule has 0 rings (SSSR count). The summed E-state index contributed by atoms with van der Waals surface area (Å²) in [7, 11) is -4.77. The predicted octanol–water partition coefficient (Wildman–Crippen LogP) is 13.3. The van der Waals surface area contributed by atoms with Crippen LogP contribution in [-0.2, 0) is 28.2 Å². The third kappa shape index (κ3) is 42.5. The Labute approximate surface area is 330 Å². The summed E-state index contributed by atoms with van der Waals surface area (Å²) in [5.41, 5.74) is 0. The van der Waals surface area contributed by atoms with Crippen molar-refractivity contribution in [1.29, 1.82) is 0 Å². The van der Waals surface area contributed by atoms with Crippen molar-refractivity contribution in [2.75, 3.05) is 13.2 Å². The molecule has 0 unspecified atom stereocenters. The standard InChI is InChI=1S/C45H79O8P/c1-3-5-7-9-11-13-15-17-19-21-22-24-26-28-30-32-34-36-38-40-45(47)53-43(42-52-54(48,49)50)41-51-44(46)39-37-35-33-31-29-27-25-23-20-18-16-14-12-10-8-6-4-2/h11,13,17-20,25,27,31,33,43H,3-10,12,14-16,21-24,26,28-30,32,34-42H2,1-2H3,(H2,48,49,50)/b13-11+,19-17+,20-18+,27-25+,33-31+/t43-/m1/s1. The molecule has 0 aliphatic carbocycles. The first-order valence-electron chi connectivity index (χ1n) is 21.6. The lowest BCUT2D eigenvalue weighted by Gasteiger charge is -2.18. The minimum Gasteiger partial charge on any atom is -0.462 e. The lowest BCUT2D eigenvalue weighted by Crippen LogP contribution is -2.29. The third-order valence-corrected chi connectivity index (χ3v) is 9.49. The van der Waals surface area contributed by atoms with Crippen molar-refractivity contribution in [2.45, 2.75) is 200 Å². The molecule has 0 aromatic heterocycles. The number of carbonyl (C=O) groups excluding carboxylic acids is 2. The Morgan fingerprint density at radius 1 is 0.481 bits per heavy atom. The Bertz CT molecular complexity index is 1060. The fourth-order valence-corrected chi connectivity index (χ4v) is 6.13. The van der Waals surface area contributed by atoms with E-state index in [4.69, 9.17) is 19.3 Å². The molecule has 8 nitrogen and oxygen atoms in total. The molecule has 9 heteroatoms. The fourth-order valence-electron chi connectivity index (χ4n) is 5.77. The van der Waals surface area contributed by atoms with Crippen LogP contribution in [0.25, 0.3) is 0 Å². The van der Waals surface area contributed by atoms with Gasteiger partial charge in [-0.25, -0.2) is 4.57 Å². The van der Waals surface area contributed by atoms with Gasteiger partial charge in [-0.15, -0.1) is 0 Å². The molecule has 1 atom stereocenters. The first kappa shape index (κ1) is 51.8. The number of phosphoric ester groups is 1. The molecule has 0 aliphatic rings. The molecule has 0 bridgehead atoms. The summed E-state index contributed by atoms with van der Waals surface area (Å²) in [6.07, 6.45) is 50.9. The second kappa shape index (κ2) is 40.4. The summed E-state index contributed by atoms with van der Waals surface area (Å²) in [6, 6.07) is 0. The molecule has 0 aliphatic heterocycles. The largest absolute Gasteiger partial charge is 0.469 e. The molecule has 2 N–H and O–H groups in total. The van der Waals surface area contributed by atoms with Crippen molar-refractivity contribution in [3.8, 4) is 0 Å². The summed E-state index contributed by atoms with van der Waals surface area (Å²) in [5.74, 6) is -0.952. The number of esters is 2. The Morgan fingerprint density at radius 3 is 1.33 bits per heavy atom. The van der Waals surface area contributed by atoms with Crippen LogP contribution in [0.2, 0.25) is 0 Å². The number of ether oxygens (including phenoxy) is 2. The molecule has 0 heterocycles. The molecule has 0 aromatic carbocycles. The van der Waals surface area contributed by atoms with Crippen LogP contribution in [0.1, 0.15) is 194 Å². The summed E-state index contributed by atoms with van der Waals surface area (Å²) in [5, 5.41) is 0. The summed E-state index contributed by atoms with van der Waals surface area (Å²) < 4.78 is 26.4. The van der Waals surface area contributed by atoms with E-state index >= 15 is 0 Å². The van der Waals surface area contributed by atoms with Gasteiger partial charge in [-0.1, -0.05) is 164 Å². The Kier molecular flexibility index (Phi) is 38.7. The van der Waals surface area contributed by atoms with E-state index in [2.05, 4.69) is 73.1 Å². The molecule has 54 heavy (non-hydrogen) atoms. The Hall–Kier alpha value is -2.25. The lowest BCUT2D eigenvalue weighted by molar-refractivity contribution is -0.161. The minimum absolute atomic E-state index is 0.193. The van der Waals surface area contributed by atoms with E-state index in [0.717, 1.165) is 57.8 Å². The average molecular weight is 779 g/mol. The normalized spacial score (nSPS) is 13.0. The van der Waals surface area contributed by atoms with Gasteiger partial charge in [-0.3, -0.25) is 14.1 Å². The van der Waals surface area contributed by atoms with Crippen molar-refractivity contribution in [3.63, 3.8) is 0 Å². The van der Waals surface area contributed by atoms with Crippen LogP contribution in [0, 0.1) is 0 Å². The Morgan fingerprint density at radius 2 is 0.852 bits per heavy atom. The number of allylic oxidation sites excluding steroid dienone is 10. The average Bonchev–Trinajstić information content (AvgIpc) is 3.14. The first-order valence-corrected chi connectivity index (χ1v) is 23.1. The second-order valence-corrected chi connectivity index (χ2v) is 15.5. The molecular formula is C45H79O8P. The number of carbonyl (C=O) groups is 2. The smallest absolute Gasteiger partial charge is 0.462 e. The first-order chi connectivity index (χ1) is 26.3. The van der Waals surface area contributed by atoms with Gasteiger partial charge in [0.05, 0.1) is 6.61 Å². The van der Waals surface area contributed by atoms with Crippen LogP contribution in [0.5, 0.6) is 0 Å². The van der Waals surface area contributed by atoms with Gasteiger partial charge in [0, 0.05) is 12.8 Å². The topological polar surface area (TPSA) is 119 Å². The number of phosphoric acid groups is 1. The molecule has 0 aromatic rings. The molecule has 0 spiro atoms. The van der Waals surface area contributed by atoms with Gasteiger partial charge in [0.2, 0.25) is 0 Å². The highest BCUT2D eigenvalue weighted by atomic mass is 31.2. The highest BCUT2D eigenvalue weighted by molar-refractivity contribution is 7.46. The van der Waals surface area contributed by atoms with E-state index in [0.29, 0.717) is 12.8 Å². The maximum absolute atomic E-state index is 12.4. The van der Waals surface area contributed by atoms with E-state index in [9.17, 15) is 14.2 Å².